The lowest BCUT2D eigenvalue weighted by Gasteiger charge is -2.26. The number of anilines is 3. The normalized spacial score (nSPS) is 11.4. The molecular weight excluding hydrogens is 711 g/mol. The maximum absolute atomic E-state index is 2.37. The van der Waals surface area contributed by atoms with Crippen molar-refractivity contribution < 1.29 is 0 Å². The van der Waals surface area contributed by atoms with E-state index in [1.165, 1.54) is 87.6 Å². The van der Waals surface area contributed by atoms with E-state index in [1.54, 1.807) is 0 Å². The molecule has 11 aromatic rings. The highest BCUT2D eigenvalue weighted by molar-refractivity contribution is 6.25. The quantitative estimate of drug-likeness (QED) is 0.147. The van der Waals surface area contributed by atoms with Crippen molar-refractivity contribution in [2.75, 3.05) is 4.90 Å². The van der Waals surface area contributed by atoms with Crippen LogP contribution < -0.4 is 4.90 Å². The largest absolute Gasteiger partial charge is 0.310 e. The molecule has 0 saturated carbocycles. The smallest absolute Gasteiger partial charge is 0.0467 e. The Bertz CT molecular complexity index is 3260. The second kappa shape index (κ2) is 14.6. The Labute approximate surface area is 344 Å². The minimum atomic E-state index is 1.10. The van der Waals surface area contributed by atoms with Crippen LogP contribution in [-0.2, 0) is 0 Å². The predicted molar refractivity (Wildman–Crippen MR) is 253 cm³/mol. The highest BCUT2D eigenvalue weighted by Gasteiger charge is 2.17. The number of fused-ring (bicyclic) bond motifs is 7. The number of rotatable bonds is 7. The van der Waals surface area contributed by atoms with Crippen LogP contribution in [0.1, 0.15) is 0 Å². The van der Waals surface area contributed by atoms with Gasteiger partial charge in [-0.2, -0.15) is 0 Å². The Morgan fingerprint density at radius 2 is 0.678 bits per heavy atom. The van der Waals surface area contributed by atoms with Crippen LogP contribution in [0.5, 0.6) is 0 Å². The average molecular weight is 750 g/mol. The van der Waals surface area contributed by atoms with E-state index in [0.29, 0.717) is 0 Å². The molecule has 0 amide bonds. The molecule has 276 valence electrons. The Balaban J connectivity index is 1.02. The van der Waals surface area contributed by atoms with Crippen molar-refractivity contribution in [3.8, 4) is 44.5 Å². The zero-order chi connectivity index (χ0) is 39.1. The lowest BCUT2D eigenvalue weighted by atomic mass is 9.90. The van der Waals surface area contributed by atoms with Gasteiger partial charge in [-0.1, -0.05) is 194 Å². The minimum absolute atomic E-state index is 1.10. The monoisotopic (exact) mass is 749 g/mol. The van der Waals surface area contributed by atoms with Crippen molar-refractivity contribution in [2.24, 2.45) is 0 Å². The molecule has 0 saturated heterocycles. The fourth-order valence-electron chi connectivity index (χ4n) is 9.01. The third kappa shape index (κ3) is 6.21. The number of hydrogen-bond acceptors (Lipinski definition) is 1. The first kappa shape index (κ1) is 34.5. The molecule has 0 N–H and O–H groups in total. The SMILES string of the molecule is c1ccc(-c2cccc(N(c3ccc(-c4ccc5c6ccccc6c6ccccc6c5c4)cc3)c3ccc(-c4ccc5ccccc5c4-c4ccccc4)cc3)c2)cc1. The van der Waals surface area contributed by atoms with Gasteiger partial charge in [0.25, 0.3) is 0 Å². The van der Waals surface area contributed by atoms with E-state index in [0.717, 1.165) is 17.1 Å². The van der Waals surface area contributed by atoms with E-state index < -0.39 is 0 Å². The molecule has 59 heavy (non-hydrogen) atoms. The molecule has 0 aliphatic rings. The highest BCUT2D eigenvalue weighted by Crippen LogP contribution is 2.42. The predicted octanol–water partition coefficient (Wildman–Crippen LogP) is 16.4. The van der Waals surface area contributed by atoms with Gasteiger partial charge in [0.05, 0.1) is 0 Å². The van der Waals surface area contributed by atoms with E-state index in [4.69, 9.17) is 0 Å². The topological polar surface area (TPSA) is 3.24 Å². The molecule has 0 bridgehead atoms. The van der Waals surface area contributed by atoms with Crippen molar-refractivity contribution in [1.82, 2.24) is 0 Å². The minimum Gasteiger partial charge on any atom is -0.310 e. The van der Waals surface area contributed by atoms with Crippen molar-refractivity contribution in [3.05, 3.63) is 237 Å². The van der Waals surface area contributed by atoms with Gasteiger partial charge in [-0.25, -0.2) is 0 Å². The molecular formula is C58H39N. The highest BCUT2D eigenvalue weighted by atomic mass is 15.1. The van der Waals surface area contributed by atoms with Crippen LogP contribution in [0.15, 0.2) is 237 Å². The van der Waals surface area contributed by atoms with Gasteiger partial charge < -0.3 is 4.90 Å². The van der Waals surface area contributed by atoms with E-state index >= 15 is 0 Å². The Hall–Kier alpha value is -7.74. The molecule has 0 aliphatic carbocycles. The van der Waals surface area contributed by atoms with Gasteiger partial charge in [0.2, 0.25) is 0 Å². The van der Waals surface area contributed by atoms with Crippen molar-refractivity contribution in [2.45, 2.75) is 0 Å². The molecule has 0 aliphatic heterocycles. The molecule has 0 heterocycles. The maximum Gasteiger partial charge on any atom is 0.0467 e. The molecule has 11 aromatic carbocycles. The van der Waals surface area contributed by atoms with Crippen LogP contribution >= 0.6 is 0 Å². The van der Waals surface area contributed by atoms with Crippen molar-refractivity contribution in [1.29, 1.82) is 0 Å². The summed E-state index contributed by atoms with van der Waals surface area (Å²) >= 11 is 0. The summed E-state index contributed by atoms with van der Waals surface area (Å²) in [5.41, 5.74) is 12.9. The number of benzene rings is 11. The number of hydrogen-bond donors (Lipinski definition) is 0. The third-order valence-corrected chi connectivity index (χ3v) is 11.8. The fraction of sp³-hybridized carbons (Fsp3) is 0. The van der Waals surface area contributed by atoms with E-state index in [9.17, 15) is 0 Å². The summed E-state index contributed by atoms with van der Waals surface area (Å²) in [5, 5.41) is 10.2. The Morgan fingerprint density at radius 1 is 0.220 bits per heavy atom. The molecule has 11 rings (SSSR count). The first-order chi connectivity index (χ1) is 29.3. The molecule has 0 aromatic heterocycles. The first-order valence-corrected chi connectivity index (χ1v) is 20.3. The second-order valence-corrected chi connectivity index (χ2v) is 15.3. The summed E-state index contributed by atoms with van der Waals surface area (Å²) < 4.78 is 0. The second-order valence-electron chi connectivity index (χ2n) is 15.3. The van der Waals surface area contributed by atoms with E-state index in [2.05, 4.69) is 241 Å². The van der Waals surface area contributed by atoms with Crippen molar-refractivity contribution in [3.63, 3.8) is 0 Å². The van der Waals surface area contributed by atoms with Crippen LogP contribution in [0.2, 0.25) is 0 Å². The Kier molecular flexibility index (Phi) is 8.56. The summed E-state index contributed by atoms with van der Waals surface area (Å²) in [4.78, 5) is 2.37. The van der Waals surface area contributed by atoms with Crippen LogP contribution in [0.4, 0.5) is 17.1 Å². The summed E-state index contributed by atoms with van der Waals surface area (Å²) in [5.74, 6) is 0. The fourth-order valence-corrected chi connectivity index (χ4v) is 9.01. The summed E-state index contributed by atoms with van der Waals surface area (Å²) in [6.07, 6.45) is 0. The molecule has 0 radical (unpaired) electrons. The molecule has 1 heteroatoms. The summed E-state index contributed by atoms with van der Waals surface area (Å²) in [6.45, 7) is 0. The molecule has 0 fully saturated rings. The van der Waals surface area contributed by atoms with Gasteiger partial charge >= 0.3 is 0 Å². The third-order valence-electron chi connectivity index (χ3n) is 11.8. The van der Waals surface area contributed by atoms with Gasteiger partial charge in [0.1, 0.15) is 0 Å². The zero-order valence-electron chi connectivity index (χ0n) is 32.5. The van der Waals surface area contributed by atoms with Gasteiger partial charge in [-0.05, 0) is 130 Å². The Morgan fingerprint density at radius 3 is 1.32 bits per heavy atom. The van der Waals surface area contributed by atoms with Gasteiger partial charge in [-0.15, -0.1) is 0 Å². The van der Waals surface area contributed by atoms with Gasteiger partial charge in [-0.3, -0.25) is 0 Å². The average Bonchev–Trinajstić information content (AvgIpc) is 3.32. The maximum atomic E-state index is 2.37. The molecule has 0 spiro atoms. The molecule has 0 unspecified atom stereocenters. The molecule has 0 atom stereocenters. The number of nitrogens with zero attached hydrogens (tertiary/aromatic N) is 1. The van der Waals surface area contributed by atoms with Crippen LogP contribution in [-0.4, -0.2) is 0 Å². The van der Waals surface area contributed by atoms with E-state index in [-0.39, 0.29) is 0 Å². The van der Waals surface area contributed by atoms with E-state index in [1.807, 2.05) is 0 Å². The first-order valence-electron chi connectivity index (χ1n) is 20.3. The van der Waals surface area contributed by atoms with Gasteiger partial charge in [0, 0.05) is 17.1 Å². The van der Waals surface area contributed by atoms with Gasteiger partial charge in [0.15, 0.2) is 0 Å². The van der Waals surface area contributed by atoms with Crippen molar-refractivity contribution >= 4 is 60.2 Å². The lowest BCUT2D eigenvalue weighted by Crippen LogP contribution is -2.10. The standard InChI is InChI=1S/C58H39N/c1-3-14-40(15-4-1)45-19-13-20-49(38-45)59(48-34-28-43(29-35-48)51-36-30-42-16-7-8-21-50(42)58(51)44-17-5-2-6-18-44)47-32-26-41(27-33-47)46-31-37-56-54-24-10-9-22-52(54)53-23-11-12-25-55(53)57(56)39-46/h1-39H. The molecule has 1 nitrogen and oxygen atoms in total. The zero-order valence-corrected chi connectivity index (χ0v) is 32.5. The van der Waals surface area contributed by atoms with Crippen LogP contribution in [0.25, 0.3) is 87.6 Å². The summed E-state index contributed by atoms with van der Waals surface area (Å²) in [6, 6.07) is 86.1. The van der Waals surface area contributed by atoms with Crippen LogP contribution in [0.3, 0.4) is 0 Å². The lowest BCUT2D eigenvalue weighted by molar-refractivity contribution is 1.28. The summed E-state index contributed by atoms with van der Waals surface area (Å²) in [7, 11) is 0. The van der Waals surface area contributed by atoms with Crippen LogP contribution in [0, 0.1) is 0 Å².